The molecule has 6 nitrogen and oxygen atoms in total. The first kappa shape index (κ1) is 19.5. The Morgan fingerprint density at radius 3 is 2.54 bits per heavy atom. The normalized spacial score (nSPS) is 11.8. The highest BCUT2D eigenvalue weighted by atomic mass is 16.5. The number of nitrogens with one attached hydrogen (secondary N) is 3. The smallest absolute Gasteiger partial charge is 0.407 e. The zero-order chi connectivity index (χ0) is 20.1. The van der Waals surface area contributed by atoms with E-state index in [2.05, 4.69) is 15.6 Å². The topological polar surface area (TPSA) is 83.2 Å². The fraction of sp³-hybridized carbons (Fsp3) is 0.273. The zero-order valence-electron chi connectivity index (χ0n) is 16.3. The number of benzene rings is 2. The molecule has 1 heterocycles. The number of amides is 2. The first-order valence-corrected chi connectivity index (χ1v) is 9.33. The molecule has 3 N–H and O–H groups in total. The summed E-state index contributed by atoms with van der Waals surface area (Å²) in [6.07, 6.45) is 1.61. The van der Waals surface area contributed by atoms with Crippen LogP contribution in [0.3, 0.4) is 0 Å². The summed E-state index contributed by atoms with van der Waals surface area (Å²) >= 11 is 0. The number of para-hydroxylation sites is 1. The average molecular weight is 379 g/mol. The molecule has 0 saturated heterocycles. The van der Waals surface area contributed by atoms with Gasteiger partial charge in [-0.05, 0) is 55.7 Å². The highest BCUT2D eigenvalue weighted by Crippen LogP contribution is 2.20. The SMILES string of the molecule is CCOC(=O)N[C@H](Cc1c[nH]c2ccccc12)C(=O)Nc1cc(C)cc(C)c1. The van der Waals surface area contributed by atoms with Crippen molar-refractivity contribution in [3.05, 3.63) is 65.4 Å². The van der Waals surface area contributed by atoms with Gasteiger partial charge in [0.25, 0.3) is 0 Å². The van der Waals surface area contributed by atoms with Crippen molar-refractivity contribution in [1.29, 1.82) is 0 Å². The van der Waals surface area contributed by atoms with Gasteiger partial charge in [0.2, 0.25) is 5.91 Å². The molecule has 0 aliphatic carbocycles. The van der Waals surface area contributed by atoms with Gasteiger partial charge in [-0.25, -0.2) is 4.79 Å². The molecule has 28 heavy (non-hydrogen) atoms. The van der Waals surface area contributed by atoms with Gasteiger partial charge in [0, 0.05) is 29.2 Å². The van der Waals surface area contributed by atoms with E-state index in [4.69, 9.17) is 4.74 Å². The highest BCUT2D eigenvalue weighted by Gasteiger charge is 2.23. The van der Waals surface area contributed by atoms with Crippen molar-refractivity contribution in [3.63, 3.8) is 0 Å². The summed E-state index contributed by atoms with van der Waals surface area (Å²) in [5, 5.41) is 6.62. The van der Waals surface area contributed by atoms with Crippen LogP contribution in [0.4, 0.5) is 10.5 Å². The van der Waals surface area contributed by atoms with Crippen LogP contribution in [0.2, 0.25) is 0 Å². The molecule has 146 valence electrons. The van der Waals surface area contributed by atoms with E-state index in [0.717, 1.165) is 27.6 Å². The van der Waals surface area contributed by atoms with Gasteiger partial charge >= 0.3 is 6.09 Å². The number of aromatic nitrogens is 1. The number of ether oxygens (including phenoxy) is 1. The fourth-order valence-corrected chi connectivity index (χ4v) is 3.32. The van der Waals surface area contributed by atoms with Crippen molar-refractivity contribution in [2.45, 2.75) is 33.2 Å². The van der Waals surface area contributed by atoms with Crippen molar-refractivity contribution >= 4 is 28.6 Å². The maximum absolute atomic E-state index is 12.9. The molecule has 0 unspecified atom stereocenters. The van der Waals surface area contributed by atoms with Gasteiger partial charge in [0.15, 0.2) is 0 Å². The standard InChI is InChI=1S/C22H25N3O3/c1-4-28-22(27)25-20(12-16-13-23-19-8-6-5-7-18(16)19)21(26)24-17-10-14(2)9-15(3)11-17/h5-11,13,20,23H,4,12H2,1-3H3,(H,24,26)(H,25,27)/t20-/m1/s1. The number of hydrogen-bond donors (Lipinski definition) is 3. The largest absolute Gasteiger partial charge is 0.450 e. The second-order valence-electron chi connectivity index (χ2n) is 6.85. The molecular weight excluding hydrogens is 354 g/mol. The number of H-pyrrole nitrogens is 1. The van der Waals surface area contributed by atoms with Crippen LogP contribution in [0, 0.1) is 13.8 Å². The lowest BCUT2D eigenvalue weighted by atomic mass is 10.0. The zero-order valence-corrected chi connectivity index (χ0v) is 16.3. The second-order valence-corrected chi connectivity index (χ2v) is 6.85. The van der Waals surface area contributed by atoms with Crippen LogP contribution in [0.25, 0.3) is 10.9 Å². The third-order valence-corrected chi connectivity index (χ3v) is 4.47. The molecule has 1 aromatic heterocycles. The average Bonchev–Trinajstić information content (AvgIpc) is 3.03. The Labute approximate surface area is 164 Å². The summed E-state index contributed by atoms with van der Waals surface area (Å²) in [6.45, 7) is 5.92. The van der Waals surface area contributed by atoms with Crippen LogP contribution in [-0.4, -0.2) is 29.6 Å². The Bertz CT molecular complexity index is 973. The number of rotatable bonds is 6. The summed E-state index contributed by atoms with van der Waals surface area (Å²) in [5.74, 6) is -0.289. The minimum atomic E-state index is -0.765. The Morgan fingerprint density at radius 1 is 1.11 bits per heavy atom. The van der Waals surface area contributed by atoms with Gasteiger partial charge in [0.1, 0.15) is 6.04 Å². The van der Waals surface area contributed by atoms with Crippen molar-refractivity contribution in [2.24, 2.45) is 0 Å². The van der Waals surface area contributed by atoms with Gasteiger partial charge in [-0.2, -0.15) is 0 Å². The van der Waals surface area contributed by atoms with E-state index in [0.29, 0.717) is 12.1 Å². The molecule has 0 aliphatic heterocycles. The molecule has 0 bridgehead atoms. The molecule has 6 heteroatoms. The van der Waals surface area contributed by atoms with Crippen LogP contribution in [0.1, 0.15) is 23.6 Å². The van der Waals surface area contributed by atoms with E-state index < -0.39 is 12.1 Å². The predicted octanol–water partition coefficient (Wildman–Crippen LogP) is 4.08. The quantitative estimate of drug-likeness (QED) is 0.603. The lowest BCUT2D eigenvalue weighted by Crippen LogP contribution is -2.45. The number of aromatic amines is 1. The van der Waals surface area contributed by atoms with Crippen LogP contribution in [0.5, 0.6) is 0 Å². The number of hydrogen-bond acceptors (Lipinski definition) is 3. The molecule has 3 aromatic rings. The van der Waals surface area contributed by atoms with Crippen LogP contribution in [-0.2, 0) is 16.0 Å². The maximum atomic E-state index is 12.9. The van der Waals surface area contributed by atoms with E-state index in [-0.39, 0.29) is 12.5 Å². The van der Waals surface area contributed by atoms with Gasteiger partial charge in [0.05, 0.1) is 6.61 Å². The van der Waals surface area contributed by atoms with Crippen molar-refractivity contribution in [2.75, 3.05) is 11.9 Å². The molecule has 0 fully saturated rings. The maximum Gasteiger partial charge on any atom is 0.407 e. The summed E-state index contributed by atoms with van der Waals surface area (Å²) < 4.78 is 4.98. The molecule has 2 amide bonds. The monoisotopic (exact) mass is 379 g/mol. The number of fused-ring (bicyclic) bond motifs is 1. The third-order valence-electron chi connectivity index (χ3n) is 4.47. The van der Waals surface area contributed by atoms with Crippen molar-refractivity contribution < 1.29 is 14.3 Å². The highest BCUT2D eigenvalue weighted by molar-refractivity contribution is 5.97. The Kier molecular flexibility index (Phi) is 5.99. The Hall–Kier alpha value is -3.28. The Morgan fingerprint density at radius 2 is 1.82 bits per heavy atom. The van der Waals surface area contributed by atoms with Crippen molar-refractivity contribution in [1.82, 2.24) is 10.3 Å². The summed E-state index contributed by atoms with van der Waals surface area (Å²) in [6, 6.07) is 12.9. The lowest BCUT2D eigenvalue weighted by molar-refractivity contribution is -0.118. The van der Waals surface area contributed by atoms with E-state index >= 15 is 0 Å². The van der Waals surface area contributed by atoms with Gasteiger partial charge in [-0.3, -0.25) is 4.79 Å². The van der Waals surface area contributed by atoms with E-state index in [1.165, 1.54) is 0 Å². The summed E-state index contributed by atoms with van der Waals surface area (Å²) in [4.78, 5) is 28.1. The number of anilines is 1. The number of aryl methyl sites for hydroxylation is 2. The van der Waals surface area contributed by atoms with Gasteiger partial charge < -0.3 is 20.4 Å². The lowest BCUT2D eigenvalue weighted by Gasteiger charge is -2.18. The van der Waals surface area contributed by atoms with Crippen LogP contribution in [0.15, 0.2) is 48.7 Å². The third kappa shape index (κ3) is 4.71. The van der Waals surface area contributed by atoms with Crippen molar-refractivity contribution in [3.8, 4) is 0 Å². The van der Waals surface area contributed by atoms with E-state index in [1.54, 1.807) is 6.92 Å². The van der Waals surface area contributed by atoms with Gasteiger partial charge in [-0.15, -0.1) is 0 Å². The molecular formula is C22H25N3O3. The molecule has 3 rings (SSSR count). The molecule has 0 radical (unpaired) electrons. The number of alkyl carbamates (subject to hydrolysis) is 1. The van der Waals surface area contributed by atoms with E-state index in [1.807, 2.05) is 62.5 Å². The minimum absolute atomic E-state index is 0.240. The molecule has 1 atom stereocenters. The first-order chi connectivity index (χ1) is 13.5. The minimum Gasteiger partial charge on any atom is -0.450 e. The number of carbonyl (C=O) groups excluding carboxylic acids is 2. The van der Waals surface area contributed by atoms with Gasteiger partial charge in [-0.1, -0.05) is 24.3 Å². The first-order valence-electron chi connectivity index (χ1n) is 9.33. The summed E-state index contributed by atoms with van der Waals surface area (Å²) in [7, 11) is 0. The summed E-state index contributed by atoms with van der Waals surface area (Å²) in [5.41, 5.74) is 4.76. The number of carbonyl (C=O) groups is 2. The molecule has 0 aliphatic rings. The van der Waals surface area contributed by atoms with Crippen LogP contribution < -0.4 is 10.6 Å². The van der Waals surface area contributed by atoms with E-state index in [9.17, 15) is 9.59 Å². The fourth-order valence-electron chi connectivity index (χ4n) is 3.32. The van der Waals surface area contributed by atoms with Crippen LogP contribution >= 0.6 is 0 Å². The Balaban J connectivity index is 1.83. The predicted molar refractivity (Wildman–Crippen MR) is 110 cm³/mol. The molecule has 0 spiro atoms. The second kappa shape index (κ2) is 8.61. The molecule has 0 saturated carbocycles. The molecule has 2 aromatic carbocycles.